The first-order valence-corrected chi connectivity index (χ1v) is 9.31. The van der Waals surface area contributed by atoms with Crippen LogP contribution < -0.4 is 4.74 Å². The smallest absolute Gasteiger partial charge is 0.258 e. The Labute approximate surface area is 158 Å². The molecule has 1 aliphatic heterocycles. The van der Waals surface area contributed by atoms with Crippen LogP contribution in [0.5, 0.6) is 5.75 Å². The van der Waals surface area contributed by atoms with Crippen molar-refractivity contribution in [2.45, 2.75) is 45.6 Å². The van der Waals surface area contributed by atoms with E-state index in [0.717, 1.165) is 29.5 Å². The molecule has 1 aliphatic rings. The fourth-order valence-corrected chi connectivity index (χ4v) is 3.51. The van der Waals surface area contributed by atoms with E-state index in [4.69, 9.17) is 9.26 Å². The van der Waals surface area contributed by atoms with Crippen molar-refractivity contribution in [3.63, 3.8) is 0 Å². The van der Waals surface area contributed by atoms with Crippen LogP contribution in [0.15, 0.2) is 47.0 Å². The molecule has 0 aliphatic carbocycles. The summed E-state index contributed by atoms with van der Waals surface area (Å²) >= 11 is 0. The van der Waals surface area contributed by atoms with E-state index in [9.17, 15) is 4.79 Å². The summed E-state index contributed by atoms with van der Waals surface area (Å²) in [4.78, 5) is 17.2. The van der Waals surface area contributed by atoms with Gasteiger partial charge in [0.1, 0.15) is 11.4 Å². The summed E-state index contributed by atoms with van der Waals surface area (Å²) in [6.45, 7) is 6.13. The number of benzene rings is 2. The lowest BCUT2D eigenvalue weighted by molar-refractivity contribution is 0.0350. The minimum absolute atomic E-state index is 0.0974. The molecule has 0 amide bonds. The number of carbonyl (C=O) groups excluding carboxylic acids is 1. The highest BCUT2D eigenvalue weighted by Gasteiger charge is 2.37. The normalized spacial score (nSPS) is 15.3. The molecular formula is C22H22N2O3. The monoisotopic (exact) mass is 362 g/mol. The van der Waals surface area contributed by atoms with E-state index < -0.39 is 5.60 Å². The van der Waals surface area contributed by atoms with Gasteiger partial charge in [0.05, 0.1) is 12.0 Å². The van der Waals surface area contributed by atoms with E-state index in [1.807, 2.05) is 43.3 Å². The van der Waals surface area contributed by atoms with Crippen LogP contribution in [-0.4, -0.2) is 21.5 Å². The van der Waals surface area contributed by atoms with Crippen molar-refractivity contribution in [1.82, 2.24) is 10.1 Å². The number of hydrogen-bond acceptors (Lipinski definition) is 5. The summed E-state index contributed by atoms with van der Waals surface area (Å²) in [7, 11) is 0. The molecular weight excluding hydrogens is 340 g/mol. The summed E-state index contributed by atoms with van der Waals surface area (Å²) in [5.74, 6) is 1.66. The Balaban J connectivity index is 1.68. The number of rotatable bonds is 4. The molecule has 0 fully saturated rings. The molecule has 27 heavy (non-hydrogen) atoms. The van der Waals surface area contributed by atoms with E-state index in [0.29, 0.717) is 29.4 Å². The van der Waals surface area contributed by atoms with Crippen LogP contribution in [0, 0.1) is 6.92 Å². The highest BCUT2D eigenvalue weighted by Crippen LogP contribution is 2.38. The van der Waals surface area contributed by atoms with Gasteiger partial charge in [0.25, 0.3) is 5.89 Å². The predicted molar refractivity (Wildman–Crippen MR) is 103 cm³/mol. The van der Waals surface area contributed by atoms with Gasteiger partial charge < -0.3 is 9.26 Å². The second-order valence-corrected chi connectivity index (χ2v) is 7.10. The highest BCUT2D eigenvalue weighted by atomic mass is 16.5. The van der Waals surface area contributed by atoms with Crippen LogP contribution >= 0.6 is 0 Å². The second kappa shape index (κ2) is 6.65. The SMILES string of the molecule is CCC1(CC)CC(=O)c2cc(-c3nc(-c4cccc(C)c4)no3)ccc2O1. The molecule has 0 saturated heterocycles. The van der Waals surface area contributed by atoms with Crippen molar-refractivity contribution in [1.29, 1.82) is 0 Å². The summed E-state index contributed by atoms with van der Waals surface area (Å²) in [6, 6.07) is 13.4. The minimum atomic E-state index is -0.394. The van der Waals surface area contributed by atoms with E-state index in [1.165, 1.54) is 0 Å². The Morgan fingerprint density at radius 3 is 2.63 bits per heavy atom. The van der Waals surface area contributed by atoms with Gasteiger partial charge in [-0.1, -0.05) is 42.8 Å². The zero-order valence-corrected chi connectivity index (χ0v) is 15.8. The quantitative estimate of drug-likeness (QED) is 0.635. The maximum absolute atomic E-state index is 12.7. The maximum Gasteiger partial charge on any atom is 0.258 e. The van der Waals surface area contributed by atoms with Gasteiger partial charge in [-0.2, -0.15) is 4.98 Å². The molecule has 0 spiro atoms. The third kappa shape index (κ3) is 3.14. The first kappa shape index (κ1) is 17.5. The number of aromatic nitrogens is 2. The molecule has 2 aromatic carbocycles. The van der Waals surface area contributed by atoms with Gasteiger partial charge in [-0.15, -0.1) is 0 Å². The van der Waals surface area contributed by atoms with Crippen molar-refractivity contribution in [3.8, 4) is 28.6 Å². The van der Waals surface area contributed by atoms with Crippen molar-refractivity contribution in [3.05, 3.63) is 53.6 Å². The zero-order chi connectivity index (χ0) is 19.0. The van der Waals surface area contributed by atoms with Crippen LogP contribution in [0.3, 0.4) is 0 Å². The lowest BCUT2D eigenvalue weighted by atomic mass is 9.85. The Morgan fingerprint density at radius 1 is 1.07 bits per heavy atom. The number of carbonyl (C=O) groups is 1. The fourth-order valence-electron chi connectivity index (χ4n) is 3.51. The van der Waals surface area contributed by atoms with E-state index in [-0.39, 0.29) is 5.78 Å². The molecule has 138 valence electrons. The van der Waals surface area contributed by atoms with E-state index in [1.54, 1.807) is 6.07 Å². The number of nitrogens with zero attached hydrogens (tertiary/aromatic N) is 2. The summed E-state index contributed by atoms with van der Waals surface area (Å²) < 4.78 is 11.6. The van der Waals surface area contributed by atoms with Gasteiger partial charge in [-0.05, 0) is 44.0 Å². The van der Waals surface area contributed by atoms with Crippen molar-refractivity contribution in [2.24, 2.45) is 0 Å². The second-order valence-electron chi connectivity index (χ2n) is 7.10. The minimum Gasteiger partial charge on any atom is -0.486 e. The van der Waals surface area contributed by atoms with Crippen LogP contribution in [-0.2, 0) is 0 Å². The molecule has 0 saturated carbocycles. The molecule has 0 atom stereocenters. The molecule has 1 aromatic heterocycles. The van der Waals surface area contributed by atoms with Gasteiger partial charge in [0, 0.05) is 11.1 Å². The number of fused-ring (bicyclic) bond motifs is 1. The number of ether oxygens (including phenoxy) is 1. The van der Waals surface area contributed by atoms with Gasteiger partial charge in [-0.3, -0.25) is 4.79 Å². The molecule has 0 N–H and O–H groups in total. The van der Waals surface area contributed by atoms with Crippen LogP contribution in [0.25, 0.3) is 22.8 Å². The van der Waals surface area contributed by atoms with Crippen molar-refractivity contribution >= 4 is 5.78 Å². The lowest BCUT2D eigenvalue weighted by Crippen LogP contribution is -2.40. The molecule has 4 rings (SSSR count). The summed E-state index contributed by atoms with van der Waals surface area (Å²) in [6.07, 6.45) is 2.01. The lowest BCUT2D eigenvalue weighted by Gasteiger charge is -2.36. The predicted octanol–water partition coefficient (Wildman–Crippen LogP) is 5.24. The standard InChI is InChI=1S/C22H22N2O3/c1-4-22(5-2)13-18(25)17-12-16(9-10-19(17)26-22)21-23-20(24-27-21)15-8-6-7-14(3)11-15/h6-12H,4-5,13H2,1-3H3. The molecule has 0 bridgehead atoms. The number of ketones is 1. The first-order valence-electron chi connectivity index (χ1n) is 9.31. The molecule has 0 unspecified atom stereocenters. The van der Waals surface area contributed by atoms with Crippen molar-refractivity contribution in [2.75, 3.05) is 0 Å². The highest BCUT2D eigenvalue weighted by molar-refractivity contribution is 6.01. The third-order valence-electron chi connectivity index (χ3n) is 5.33. The zero-order valence-electron chi connectivity index (χ0n) is 15.8. The van der Waals surface area contributed by atoms with Crippen molar-refractivity contribution < 1.29 is 14.1 Å². The van der Waals surface area contributed by atoms with Gasteiger partial charge >= 0.3 is 0 Å². The third-order valence-corrected chi connectivity index (χ3v) is 5.33. The first-order chi connectivity index (χ1) is 13.0. The van der Waals surface area contributed by atoms with E-state index >= 15 is 0 Å². The Morgan fingerprint density at radius 2 is 1.89 bits per heavy atom. The molecule has 2 heterocycles. The fraction of sp³-hybridized carbons (Fsp3) is 0.318. The Hall–Kier alpha value is -2.95. The molecule has 5 heteroatoms. The Bertz CT molecular complexity index is 1000. The summed E-state index contributed by atoms with van der Waals surface area (Å²) in [5.41, 5.74) is 2.94. The Kier molecular flexibility index (Phi) is 4.30. The average molecular weight is 362 g/mol. The van der Waals surface area contributed by atoms with Crippen LogP contribution in [0.1, 0.15) is 49.0 Å². The van der Waals surface area contributed by atoms with Gasteiger partial charge in [0.15, 0.2) is 5.78 Å². The number of aryl methyl sites for hydroxylation is 1. The largest absolute Gasteiger partial charge is 0.486 e. The maximum atomic E-state index is 12.7. The molecule has 5 nitrogen and oxygen atoms in total. The van der Waals surface area contributed by atoms with E-state index in [2.05, 4.69) is 24.0 Å². The number of hydrogen-bond donors (Lipinski definition) is 0. The van der Waals surface area contributed by atoms with Gasteiger partial charge in [-0.25, -0.2) is 0 Å². The molecule has 3 aromatic rings. The van der Waals surface area contributed by atoms with Gasteiger partial charge in [0.2, 0.25) is 5.82 Å². The number of Topliss-reactive ketones (excluding diaryl/α,β-unsaturated/α-hetero) is 1. The molecule has 0 radical (unpaired) electrons. The average Bonchev–Trinajstić information content (AvgIpc) is 3.18. The summed E-state index contributed by atoms with van der Waals surface area (Å²) in [5, 5.41) is 4.08. The van der Waals surface area contributed by atoms with Crippen LogP contribution in [0.4, 0.5) is 0 Å². The topological polar surface area (TPSA) is 65.2 Å². The van der Waals surface area contributed by atoms with Crippen LogP contribution in [0.2, 0.25) is 0 Å².